The SMILES string of the molecule is CC(O)CCCCCC(=O)OCC(C)(CO)COC(=O)CCCCCC(C)O. The summed E-state index contributed by atoms with van der Waals surface area (Å²) >= 11 is 0. The van der Waals surface area contributed by atoms with Gasteiger partial charge in [-0.25, -0.2) is 0 Å². The summed E-state index contributed by atoms with van der Waals surface area (Å²) in [6.07, 6.45) is 6.26. The van der Waals surface area contributed by atoms with Gasteiger partial charge in [-0.2, -0.15) is 0 Å². The first kappa shape index (κ1) is 26.8. The summed E-state index contributed by atoms with van der Waals surface area (Å²) in [6, 6.07) is 0. The van der Waals surface area contributed by atoms with Gasteiger partial charge in [-0.3, -0.25) is 9.59 Å². The van der Waals surface area contributed by atoms with E-state index in [1.165, 1.54) is 0 Å². The molecular weight excluding hydrogens is 364 g/mol. The summed E-state index contributed by atoms with van der Waals surface area (Å²) in [5, 5.41) is 27.9. The number of ether oxygens (including phenoxy) is 2. The Morgan fingerprint density at radius 2 is 1.18 bits per heavy atom. The number of aliphatic hydroxyl groups excluding tert-OH is 3. The molecule has 0 aromatic heterocycles. The van der Waals surface area contributed by atoms with Crippen LogP contribution in [0.15, 0.2) is 0 Å². The van der Waals surface area contributed by atoms with Crippen molar-refractivity contribution >= 4 is 11.9 Å². The second-order valence-corrected chi connectivity index (χ2v) is 8.19. The molecule has 0 fully saturated rings. The topological polar surface area (TPSA) is 113 Å². The zero-order chi connectivity index (χ0) is 21.4. The number of carbonyl (C=O) groups excluding carboxylic acids is 2. The predicted molar refractivity (Wildman–Crippen MR) is 107 cm³/mol. The van der Waals surface area contributed by atoms with E-state index in [9.17, 15) is 24.9 Å². The fourth-order valence-electron chi connectivity index (χ4n) is 2.56. The summed E-state index contributed by atoms with van der Waals surface area (Å²) in [5.74, 6) is -0.665. The van der Waals surface area contributed by atoms with Gasteiger partial charge < -0.3 is 24.8 Å². The van der Waals surface area contributed by atoms with E-state index in [0.717, 1.165) is 38.5 Å². The Labute approximate surface area is 169 Å². The standard InChI is InChI=1S/C21H40O7/c1-17(23)10-6-4-8-12-19(25)27-15-21(3,14-22)16-28-20(26)13-9-5-7-11-18(2)24/h17-18,22-24H,4-16H2,1-3H3. The molecule has 28 heavy (non-hydrogen) atoms. The van der Waals surface area contributed by atoms with Gasteiger partial charge >= 0.3 is 11.9 Å². The Kier molecular flexibility index (Phi) is 15.0. The van der Waals surface area contributed by atoms with Crippen molar-refractivity contribution < 1.29 is 34.4 Å². The van der Waals surface area contributed by atoms with Gasteiger partial charge in [0.25, 0.3) is 0 Å². The van der Waals surface area contributed by atoms with Gasteiger partial charge in [0.05, 0.1) is 24.2 Å². The highest BCUT2D eigenvalue weighted by Crippen LogP contribution is 2.18. The lowest BCUT2D eigenvalue weighted by Crippen LogP contribution is -2.35. The van der Waals surface area contributed by atoms with Crippen LogP contribution in [0.3, 0.4) is 0 Å². The third-order valence-electron chi connectivity index (χ3n) is 4.55. The van der Waals surface area contributed by atoms with Crippen molar-refractivity contribution in [2.75, 3.05) is 19.8 Å². The van der Waals surface area contributed by atoms with E-state index >= 15 is 0 Å². The molecule has 0 rings (SSSR count). The summed E-state index contributed by atoms with van der Waals surface area (Å²) < 4.78 is 10.5. The van der Waals surface area contributed by atoms with Crippen LogP contribution in [-0.2, 0) is 19.1 Å². The third kappa shape index (κ3) is 15.8. The van der Waals surface area contributed by atoms with Gasteiger partial charge in [0, 0.05) is 12.8 Å². The Morgan fingerprint density at radius 3 is 1.50 bits per heavy atom. The summed E-state index contributed by atoms with van der Waals surface area (Å²) in [5.41, 5.74) is -0.816. The van der Waals surface area contributed by atoms with Gasteiger partial charge in [0.2, 0.25) is 0 Å². The Hall–Kier alpha value is -1.18. The molecule has 2 atom stereocenters. The van der Waals surface area contributed by atoms with E-state index in [4.69, 9.17) is 9.47 Å². The third-order valence-corrected chi connectivity index (χ3v) is 4.55. The predicted octanol–water partition coefficient (Wildman–Crippen LogP) is 2.73. The first-order chi connectivity index (χ1) is 13.2. The molecule has 0 aliphatic carbocycles. The Balaban J connectivity index is 3.94. The molecule has 7 heteroatoms. The fourth-order valence-corrected chi connectivity index (χ4v) is 2.56. The van der Waals surface area contributed by atoms with Crippen LogP contribution in [0.5, 0.6) is 0 Å². The van der Waals surface area contributed by atoms with Crippen molar-refractivity contribution in [3.63, 3.8) is 0 Å². The van der Waals surface area contributed by atoms with Gasteiger partial charge in [0.1, 0.15) is 13.2 Å². The van der Waals surface area contributed by atoms with Crippen LogP contribution in [0, 0.1) is 5.41 Å². The Morgan fingerprint density at radius 1 is 0.786 bits per heavy atom. The number of esters is 2. The quantitative estimate of drug-likeness (QED) is 0.252. The maximum Gasteiger partial charge on any atom is 0.305 e. The second-order valence-electron chi connectivity index (χ2n) is 8.19. The maximum atomic E-state index is 11.8. The number of hydrogen-bond donors (Lipinski definition) is 3. The van der Waals surface area contributed by atoms with Crippen molar-refractivity contribution in [3.8, 4) is 0 Å². The first-order valence-electron chi connectivity index (χ1n) is 10.5. The van der Waals surface area contributed by atoms with Gasteiger partial charge in [-0.15, -0.1) is 0 Å². The smallest absolute Gasteiger partial charge is 0.305 e. The molecule has 0 aromatic rings. The molecule has 0 aliphatic rings. The van der Waals surface area contributed by atoms with Gasteiger partial charge in [0.15, 0.2) is 0 Å². The molecule has 0 radical (unpaired) electrons. The molecule has 2 unspecified atom stereocenters. The first-order valence-corrected chi connectivity index (χ1v) is 10.5. The largest absolute Gasteiger partial charge is 0.465 e. The van der Waals surface area contributed by atoms with Crippen molar-refractivity contribution in [1.29, 1.82) is 0 Å². The number of unbranched alkanes of at least 4 members (excludes halogenated alkanes) is 4. The van der Waals surface area contributed by atoms with Crippen LogP contribution in [0.2, 0.25) is 0 Å². The highest BCUT2D eigenvalue weighted by Gasteiger charge is 2.27. The minimum absolute atomic E-state index is 0.00231. The lowest BCUT2D eigenvalue weighted by molar-refractivity contribution is -0.155. The molecule has 0 saturated heterocycles. The van der Waals surface area contributed by atoms with Crippen LogP contribution in [0.25, 0.3) is 0 Å². The Bertz CT molecular complexity index is 387. The molecule has 0 saturated carbocycles. The molecule has 166 valence electrons. The fraction of sp³-hybridized carbons (Fsp3) is 0.905. The molecule has 0 amide bonds. The highest BCUT2D eigenvalue weighted by molar-refractivity contribution is 5.69. The minimum atomic E-state index is -0.816. The zero-order valence-electron chi connectivity index (χ0n) is 17.8. The van der Waals surface area contributed by atoms with E-state index in [-0.39, 0.29) is 44.0 Å². The summed E-state index contributed by atoms with van der Waals surface area (Å²) in [7, 11) is 0. The van der Waals surface area contributed by atoms with Crippen molar-refractivity contribution in [1.82, 2.24) is 0 Å². The zero-order valence-corrected chi connectivity index (χ0v) is 17.8. The molecular formula is C21H40O7. The molecule has 0 bridgehead atoms. The molecule has 3 N–H and O–H groups in total. The van der Waals surface area contributed by atoms with Gasteiger partial charge in [-0.1, -0.05) is 32.6 Å². The monoisotopic (exact) mass is 404 g/mol. The van der Waals surface area contributed by atoms with Crippen molar-refractivity contribution in [2.45, 2.75) is 97.2 Å². The van der Waals surface area contributed by atoms with E-state index in [1.807, 2.05) is 0 Å². The van der Waals surface area contributed by atoms with E-state index in [1.54, 1.807) is 20.8 Å². The van der Waals surface area contributed by atoms with E-state index in [0.29, 0.717) is 25.7 Å². The second kappa shape index (κ2) is 15.7. The summed E-state index contributed by atoms with van der Waals surface area (Å²) in [4.78, 5) is 23.6. The molecule has 7 nitrogen and oxygen atoms in total. The molecule has 0 heterocycles. The number of rotatable bonds is 17. The number of carbonyl (C=O) groups is 2. The average Bonchev–Trinajstić information content (AvgIpc) is 2.63. The summed E-state index contributed by atoms with van der Waals surface area (Å²) in [6.45, 7) is 4.94. The van der Waals surface area contributed by atoms with Crippen LogP contribution >= 0.6 is 0 Å². The van der Waals surface area contributed by atoms with E-state index < -0.39 is 5.41 Å². The van der Waals surface area contributed by atoms with Crippen molar-refractivity contribution in [3.05, 3.63) is 0 Å². The lowest BCUT2D eigenvalue weighted by Gasteiger charge is -2.26. The van der Waals surface area contributed by atoms with Gasteiger partial charge in [-0.05, 0) is 39.5 Å². The number of hydrogen-bond acceptors (Lipinski definition) is 7. The molecule has 0 spiro atoms. The minimum Gasteiger partial charge on any atom is -0.465 e. The van der Waals surface area contributed by atoms with Crippen molar-refractivity contribution in [2.24, 2.45) is 5.41 Å². The van der Waals surface area contributed by atoms with Crippen LogP contribution < -0.4 is 0 Å². The number of aliphatic hydroxyl groups is 3. The van der Waals surface area contributed by atoms with Crippen LogP contribution in [0.4, 0.5) is 0 Å². The molecule has 0 aliphatic heterocycles. The van der Waals surface area contributed by atoms with E-state index in [2.05, 4.69) is 0 Å². The lowest BCUT2D eigenvalue weighted by atomic mass is 9.94. The molecule has 0 aromatic carbocycles. The normalized spacial score (nSPS) is 15.5. The maximum absolute atomic E-state index is 11.8. The highest BCUT2D eigenvalue weighted by atomic mass is 16.5. The van der Waals surface area contributed by atoms with Crippen LogP contribution in [0.1, 0.15) is 85.0 Å². The average molecular weight is 405 g/mol. The van der Waals surface area contributed by atoms with Crippen LogP contribution in [-0.4, -0.2) is 59.3 Å².